The van der Waals surface area contributed by atoms with Crippen LogP contribution in [0.2, 0.25) is 0 Å². The van der Waals surface area contributed by atoms with Crippen molar-refractivity contribution in [2.24, 2.45) is 0 Å². The quantitative estimate of drug-likeness (QED) is 0.843. The Kier molecular flexibility index (Phi) is 4.92. The summed E-state index contributed by atoms with van der Waals surface area (Å²) in [6, 6.07) is 6.98. The van der Waals surface area contributed by atoms with Gasteiger partial charge in [0, 0.05) is 38.8 Å². The van der Waals surface area contributed by atoms with E-state index in [1.807, 2.05) is 6.92 Å². The molecule has 0 bridgehead atoms. The average Bonchev–Trinajstić information content (AvgIpc) is 2.57. The van der Waals surface area contributed by atoms with Gasteiger partial charge in [-0.2, -0.15) is 0 Å². The van der Waals surface area contributed by atoms with Gasteiger partial charge in [0.15, 0.2) is 5.82 Å². The number of hydrogen-bond donors (Lipinski definition) is 2. The first kappa shape index (κ1) is 16.6. The summed E-state index contributed by atoms with van der Waals surface area (Å²) in [4.78, 5) is 35.9. The molecule has 0 spiro atoms. The Balaban J connectivity index is 1.65. The molecule has 24 heavy (non-hydrogen) atoms. The van der Waals surface area contributed by atoms with E-state index in [4.69, 9.17) is 0 Å². The number of likely N-dealkylation sites (N-methyl/N-ethyl adjacent to an activating group) is 1. The number of fused-ring (bicyclic) bond motifs is 1. The SMILES string of the molecule is CC(CN1CCN(C)CC1)NC(=O)c1nc2ccccc2c(=O)[nH]1. The number of benzene rings is 1. The van der Waals surface area contributed by atoms with Crippen molar-refractivity contribution in [3.63, 3.8) is 0 Å². The third-order valence-electron chi connectivity index (χ3n) is 4.33. The maximum atomic E-state index is 12.4. The molecule has 1 aromatic heterocycles. The lowest BCUT2D eigenvalue weighted by Gasteiger charge is -2.33. The molecular weight excluding hydrogens is 306 g/mol. The van der Waals surface area contributed by atoms with Gasteiger partial charge in [0.1, 0.15) is 0 Å². The summed E-state index contributed by atoms with van der Waals surface area (Å²) in [7, 11) is 2.12. The molecule has 2 aromatic rings. The second-order valence-electron chi connectivity index (χ2n) is 6.41. The summed E-state index contributed by atoms with van der Waals surface area (Å²) < 4.78 is 0. The first-order valence-electron chi connectivity index (χ1n) is 8.24. The van der Waals surface area contributed by atoms with E-state index in [0.717, 1.165) is 32.7 Å². The molecule has 0 aliphatic carbocycles. The van der Waals surface area contributed by atoms with Gasteiger partial charge in [-0.3, -0.25) is 14.5 Å². The van der Waals surface area contributed by atoms with Gasteiger partial charge in [0.05, 0.1) is 10.9 Å². The number of para-hydroxylation sites is 1. The number of nitrogens with zero attached hydrogens (tertiary/aromatic N) is 3. The second kappa shape index (κ2) is 7.11. The molecule has 0 saturated carbocycles. The summed E-state index contributed by atoms with van der Waals surface area (Å²) in [5.74, 6) is -0.289. The van der Waals surface area contributed by atoms with Crippen LogP contribution in [0.4, 0.5) is 0 Å². The standard InChI is InChI=1S/C17H23N5O2/c1-12(11-22-9-7-21(2)8-10-22)18-17(24)15-19-14-6-4-3-5-13(14)16(23)20-15/h3-6,12H,7-11H2,1-2H3,(H,18,24)(H,19,20,23). The summed E-state index contributed by atoms with van der Waals surface area (Å²) >= 11 is 0. The van der Waals surface area contributed by atoms with E-state index in [-0.39, 0.29) is 23.3 Å². The fourth-order valence-corrected chi connectivity index (χ4v) is 2.95. The zero-order valence-corrected chi connectivity index (χ0v) is 14.1. The molecule has 7 nitrogen and oxygen atoms in total. The van der Waals surface area contributed by atoms with Crippen LogP contribution in [-0.2, 0) is 0 Å². The molecule has 1 aromatic carbocycles. The van der Waals surface area contributed by atoms with Gasteiger partial charge < -0.3 is 15.2 Å². The Labute approximate surface area is 140 Å². The van der Waals surface area contributed by atoms with Crippen LogP contribution in [0.5, 0.6) is 0 Å². The molecule has 1 amide bonds. The van der Waals surface area contributed by atoms with Crippen LogP contribution in [0, 0.1) is 0 Å². The Morgan fingerprint density at radius 2 is 2.00 bits per heavy atom. The molecule has 1 unspecified atom stereocenters. The molecule has 128 valence electrons. The number of rotatable bonds is 4. The zero-order valence-electron chi connectivity index (χ0n) is 14.1. The fraction of sp³-hybridized carbons (Fsp3) is 0.471. The predicted molar refractivity (Wildman–Crippen MR) is 93.2 cm³/mol. The van der Waals surface area contributed by atoms with Crippen molar-refractivity contribution in [3.05, 3.63) is 40.4 Å². The van der Waals surface area contributed by atoms with Gasteiger partial charge >= 0.3 is 0 Å². The van der Waals surface area contributed by atoms with Crippen LogP contribution in [-0.4, -0.2) is 71.5 Å². The molecule has 1 saturated heterocycles. The minimum Gasteiger partial charge on any atom is -0.346 e. The van der Waals surface area contributed by atoms with Gasteiger partial charge in [-0.15, -0.1) is 0 Å². The first-order valence-corrected chi connectivity index (χ1v) is 8.24. The Bertz CT molecular complexity index is 780. The Morgan fingerprint density at radius 3 is 2.75 bits per heavy atom. The third-order valence-corrected chi connectivity index (χ3v) is 4.33. The summed E-state index contributed by atoms with van der Waals surface area (Å²) in [6.07, 6.45) is 0. The van der Waals surface area contributed by atoms with Crippen molar-refractivity contribution in [1.82, 2.24) is 25.1 Å². The number of amides is 1. The molecule has 3 rings (SSSR count). The maximum Gasteiger partial charge on any atom is 0.287 e. The fourth-order valence-electron chi connectivity index (χ4n) is 2.95. The minimum absolute atomic E-state index is 0.0160. The third kappa shape index (κ3) is 3.80. The van der Waals surface area contributed by atoms with E-state index in [0.29, 0.717) is 10.9 Å². The van der Waals surface area contributed by atoms with Gasteiger partial charge in [0.25, 0.3) is 11.5 Å². The molecular formula is C17H23N5O2. The number of piperazine rings is 1. The lowest BCUT2D eigenvalue weighted by atomic mass is 10.2. The number of carbonyl (C=O) groups excluding carboxylic acids is 1. The topological polar surface area (TPSA) is 81.3 Å². The Morgan fingerprint density at radius 1 is 1.29 bits per heavy atom. The second-order valence-corrected chi connectivity index (χ2v) is 6.41. The van der Waals surface area contributed by atoms with E-state index < -0.39 is 0 Å². The number of H-pyrrole nitrogens is 1. The highest BCUT2D eigenvalue weighted by atomic mass is 16.2. The van der Waals surface area contributed by atoms with Crippen LogP contribution in [0.3, 0.4) is 0 Å². The van der Waals surface area contributed by atoms with Crippen molar-refractivity contribution < 1.29 is 4.79 Å². The van der Waals surface area contributed by atoms with Crippen molar-refractivity contribution in [2.45, 2.75) is 13.0 Å². The van der Waals surface area contributed by atoms with Crippen LogP contribution in [0.15, 0.2) is 29.1 Å². The van der Waals surface area contributed by atoms with E-state index in [1.165, 1.54) is 0 Å². The van der Waals surface area contributed by atoms with Crippen molar-refractivity contribution in [3.8, 4) is 0 Å². The van der Waals surface area contributed by atoms with Crippen molar-refractivity contribution in [2.75, 3.05) is 39.8 Å². The molecule has 1 fully saturated rings. The van der Waals surface area contributed by atoms with E-state index in [9.17, 15) is 9.59 Å². The van der Waals surface area contributed by atoms with Crippen LogP contribution >= 0.6 is 0 Å². The highest BCUT2D eigenvalue weighted by Gasteiger charge is 2.18. The number of aromatic amines is 1. The minimum atomic E-state index is -0.348. The van der Waals surface area contributed by atoms with Crippen LogP contribution < -0.4 is 10.9 Å². The number of hydrogen-bond acceptors (Lipinski definition) is 5. The zero-order chi connectivity index (χ0) is 17.1. The van der Waals surface area contributed by atoms with Crippen LogP contribution in [0.25, 0.3) is 10.9 Å². The first-order chi connectivity index (χ1) is 11.5. The average molecular weight is 329 g/mol. The summed E-state index contributed by atoms with van der Waals surface area (Å²) in [5.41, 5.74) is 0.232. The van der Waals surface area contributed by atoms with Crippen molar-refractivity contribution >= 4 is 16.8 Å². The van der Waals surface area contributed by atoms with Gasteiger partial charge in [-0.25, -0.2) is 4.98 Å². The monoisotopic (exact) mass is 329 g/mol. The molecule has 1 atom stereocenters. The predicted octanol–water partition coefficient (Wildman–Crippen LogP) is 0.289. The molecule has 2 N–H and O–H groups in total. The normalized spacial score (nSPS) is 17.8. The molecule has 2 heterocycles. The van der Waals surface area contributed by atoms with Crippen molar-refractivity contribution in [1.29, 1.82) is 0 Å². The number of nitrogens with one attached hydrogen (secondary N) is 2. The molecule has 1 aliphatic heterocycles. The highest BCUT2D eigenvalue weighted by Crippen LogP contribution is 2.06. The smallest absolute Gasteiger partial charge is 0.287 e. The summed E-state index contributed by atoms with van der Waals surface area (Å²) in [5, 5.41) is 3.41. The van der Waals surface area contributed by atoms with Gasteiger partial charge in [0.2, 0.25) is 0 Å². The number of carbonyl (C=O) groups is 1. The van der Waals surface area contributed by atoms with Gasteiger partial charge in [-0.05, 0) is 26.1 Å². The van der Waals surface area contributed by atoms with Gasteiger partial charge in [-0.1, -0.05) is 12.1 Å². The highest BCUT2D eigenvalue weighted by molar-refractivity contribution is 5.92. The van der Waals surface area contributed by atoms with E-state index in [1.54, 1.807) is 24.3 Å². The van der Waals surface area contributed by atoms with E-state index >= 15 is 0 Å². The molecule has 1 aliphatic rings. The maximum absolute atomic E-state index is 12.4. The lowest BCUT2D eigenvalue weighted by molar-refractivity contribution is 0.0904. The lowest BCUT2D eigenvalue weighted by Crippen LogP contribution is -2.49. The summed E-state index contributed by atoms with van der Waals surface area (Å²) in [6.45, 7) is 6.84. The van der Waals surface area contributed by atoms with E-state index in [2.05, 4.69) is 32.1 Å². The number of aromatic nitrogens is 2. The Hall–Kier alpha value is -2.25. The molecule has 0 radical (unpaired) electrons. The molecule has 7 heteroatoms. The largest absolute Gasteiger partial charge is 0.346 e. The van der Waals surface area contributed by atoms with Crippen LogP contribution in [0.1, 0.15) is 17.5 Å².